The van der Waals surface area contributed by atoms with E-state index in [-0.39, 0.29) is 31.3 Å². The number of benzene rings is 2. The molecule has 1 aliphatic rings. The Morgan fingerprint density at radius 3 is 2.68 bits per heavy atom. The SMILES string of the molecule is Cc1ccc(NC(=O)CSC2[Se]N=NC2c2ccc(Cl)c(Cl)c2)cc1. The van der Waals surface area contributed by atoms with Crippen molar-refractivity contribution < 1.29 is 4.79 Å². The quantitative estimate of drug-likeness (QED) is 0.631. The number of carbonyl (C=O) groups excluding carboxylic acids is 1. The van der Waals surface area contributed by atoms with Gasteiger partial charge in [-0.3, -0.25) is 0 Å². The molecule has 1 amide bonds. The molecule has 25 heavy (non-hydrogen) atoms. The molecule has 1 aliphatic heterocycles. The van der Waals surface area contributed by atoms with E-state index in [1.165, 1.54) is 0 Å². The first kappa shape index (κ1) is 18.7. The molecule has 2 unspecified atom stereocenters. The van der Waals surface area contributed by atoms with Crippen LogP contribution in [0.2, 0.25) is 10.0 Å². The van der Waals surface area contributed by atoms with Crippen molar-refractivity contribution >= 4 is 61.7 Å². The van der Waals surface area contributed by atoms with E-state index in [1.54, 1.807) is 17.8 Å². The average Bonchev–Trinajstić information content (AvgIpc) is 3.06. The maximum absolute atomic E-state index is 12.2. The van der Waals surface area contributed by atoms with Gasteiger partial charge in [-0.15, -0.1) is 0 Å². The first-order valence-corrected chi connectivity index (χ1v) is 11.1. The van der Waals surface area contributed by atoms with Gasteiger partial charge in [-0.25, -0.2) is 0 Å². The molecule has 8 heteroatoms. The molecule has 0 bridgehead atoms. The van der Waals surface area contributed by atoms with Crippen LogP contribution < -0.4 is 5.32 Å². The summed E-state index contributed by atoms with van der Waals surface area (Å²) in [7, 11) is 0. The number of hydrogen-bond acceptors (Lipinski definition) is 4. The molecule has 0 radical (unpaired) electrons. The van der Waals surface area contributed by atoms with E-state index in [4.69, 9.17) is 23.2 Å². The van der Waals surface area contributed by atoms with Gasteiger partial charge in [-0.05, 0) is 0 Å². The van der Waals surface area contributed by atoms with Crippen LogP contribution in [0.3, 0.4) is 0 Å². The van der Waals surface area contributed by atoms with E-state index < -0.39 is 0 Å². The van der Waals surface area contributed by atoms with Crippen LogP contribution in [0.1, 0.15) is 17.2 Å². The number of carbonyl (C=O) groups is 1. The second-order valence-corrected chi connectivity index (χ2v) is 9.98. The number of nitrogens with one attached hydrogen (secondary N) is 1. The van der Waals surface area contributed by atoms with Crippen LogP contribution in [-0.2, 0) is 4.79 Å². The van der Waals surface area contributed by atoms with Gasteiger partial charge in [0.05, 0.1) is 0 Å². The van der Waals surface area contributed by atoms with Gasteiger partial charge >= 0.3 is 168 Å². The van der Waals surface area contributed by atoms with E-state index in [9.17, 15) is 4.79 Å². The van der Waals surface area contributed by atoms with Crippen LogP contribution in [0.5, 0.6) is 0 Å². The summed E-state index contributed by atoms with van der Waals surface area (Å²) in [5.41, 5.74) is 2.95. The van der Waals surface area contributed by atoms with Crippen molar-refractivity contribution in [2.24, 2.45) is 9.24 Å². The Kier molecular flexibility index (Phi) is 6.42. The number of anilines is 1. The van der Waals surface area contributed by atoms with Crippen LogP contribution in [0.15, 0.2) is 51.7 Å². The van der Waals surface area contributed by atoms with Crippen molar-refractivity contribution in [3.8, 4) is 0 Å². The van der Waals surface area contributed by atoms with Gasteiger partial charge in [0.2, 0.25) is 0 Å². The third kappa shape index (κ3) is 4.99. The third-order valence-corrected chi connectivity index (χ3v) is 8.01. The monoisotopic (exact) mass is 459 g/mol. The molecule has 2 atom stereocenters. The van der Waals surface area contributed by atoms with Gasteiger partial charge < -0.3 is 0 Å². The van der Waals surface area contributed by atoms with Crippen molar-refractivity contribution in [1.82, 2.24) is 0 Å². The first-order valence-electron chi connectivity index (χ1n) is 7.52. The van der Waals surface area contributed by atoms with E-state index >= 15 is 0 Å². The summed E-state index contributed by atoms with van der Waals surface area (Å²) in [6.45, 7) is 2.01. The first-order chi connectivity index (χ1) is 12.0. The Labute approximate surface area is 167 Å². The number of amides is 1. The van der Waals surface area contributed by atoms with Crippen LogP contribution >= 0.6 is 35.0 Å². The molecule has 1 heterocycles. The molecule has 130 valence electrons. The van der Waals surface area contributed by atoms with Crippen molar-refractivity contribution in [1.29, 1.82) is 0 Å². The minimum absolute atomic E-state index is 0.00554. The Balaban J connectivity index is 1.57. The fourth-order valence-electron chi connectivity index (χ4n) is 2.27. The van der Waals surface area contributed by atoms with Gasteiger partial charge in [-0.2, -0.15) is 0 Å². The van der Waals surface area contributed by atoms with Crippen LogP contribution in [0.25, 0.3) is 0 Å². The zero-order valence-corrected chi connectivity index (χ0v) is 17.3. The van der Waals surface area contributed by atoms with Gasteiger partial charge in [0.15, 0.2) is 0 Å². The van der Waals surface area contributed by atoms with E-state index in [1.807, 2.05) is 43.3 Å². The Morgan fingerprint density at radius 2 is 1.96 bits per heavy atom. The van der Waals surface area contributed by atoms with Gasteiger partial charge in [0.25, 0.3) is 0 Å². The van der Waals surface area contributed by atoms with E-state index in [0.29, 0.717) is 15.8 Å². The molecule has 2 aromatic rings. The summed E-state index contributed by atoms with van der Waals surface area (Å²) >= 11 is 13.7. The maximum atomic E-state index is 12.2. The molecule has 0 saturated heterocycles. The normalized spacial score (nSPS) is 19.2. The van der Waals surface area contributed by atoms with Crippen molar-refractivity contribution in [3.05, 3.63) is 63.6 Å². The number of thioether (sulfide) groups is 1. The zero-order valence-electron chi connectivity index (χ0n) is 13.3. The summed E-state index contributed by atoms with van der Waals surface area (Å²) < 4.78 is 4.38. The van der Waals surface area contributed by atoms with Crippen LogP contribution in [0, 0.1) is 6.92 Å². The molecule has 0 fully saturated rings. The fraction of sp³-hybridized carbons (Fsp3) is 0.235. The summed E-state index contributed by atoms with van der Waals surface area (Å²) in [5, 5.41) is 8.27. The molecule has 0 aromatic heterocycles. The molecule has 0 aliphatic carbocycles. The molecule has 0 spiro atoms. The van der Waals surface area contributed by atoms with Gasteiger partial charge in [0, 0.05) is 0 Å². The Morgan fingerprint density at radius 1 is 1.20 bits per heavy atom. The molecule has 2 aromatic carbocycles. The van der Waals surface area contributed by atoms with Crippen molar-refractivity contribution in [2.45, 2.75) is 17.1 Å². The average molecular weight is 459 g/mol. The summed E-state index contributed by atoms with van der Waals surface area (Å²) in [6.07, 6.45) is 0. The summed E-state index contributed by atoms with van der Waals surface area (Å²) in [4.78, 5) is 12.2. The fourth-order valence-corrected chi connectivity index (χ4v) is 5.64. The minimum atomic E-state index is -0.0769. The second kappa shape index (κ2) is 8.56. The zero-order chi connectivity index (χ0) is 17.8. The van der Waals surface area contributed by atoms with Crippen LogP contribution in [-0.4, -0.2) is 31.0 Å². The summed E-state index contributed by atoms with van der Waals surface area (Å²) in [6, 6.07) is 13.2. The topological polar surface area (TPSA) is 53.8 Å². The molecule has 0 saturated carbocycles. The van der Waals surface area contributed by atoms with Crippen molar-refractivity contribution in [2.75, 3.05) is 11.1 Å². The molecule has 4 nitrogen and oxygen atoms in total. The Bertz CT molecular complexity index is 801. The van der Waals surface area contributed by atoms with Crippen LogP contribution in [0.4, 0.5) is 5.69 Å². The van der Waals surface area contributed by atoms with E-state index in [0.717, 1.165) is 16.8 Å². The molecular formula is C17H15Cl2N3OSSe. The molecule has 1 N–H and O–H groups in total. The Hall–Kier alpha value is -1.04. The number of hydrogen-bond donors (Lipinski definition) is 1. The second-order valence-electron chi connectivity index (χ2n) is 5.51. The molecule has 3 rings (SSSR count). The van der Waals surface area contributed by atoms with Crippen molar-refractivity contribution in [3.63, 3.8) is 0 Å². The van der Waals surface area contributed by atoms with E-state index in [2.05, 4.69) is 14.6 Å². The standard InChI is InChI=1S/C17H15Cl2N3OSSe/c1-10-2-5-12(6-3-10)20-15(23)9-24-17-16(21-22-25-17)11-4-7-13(18)14(19)8-11/h2-8,16-17H,9H2,1H3,(H,20,23). The predicted octanol–water partition coefficient (Wildman–Crippen LogP) is 5.13. The van der Waals surface area contributed by atoms with Gasteiger partial charge in [0.1, 0.15) is 0 Å². The summed E-state index contributed by atoms with van der Waals surface area (Å²) in [5.74, 6) is 0.341. The number of aryl methyl sites for hydroxylation is 1. The number of rotatable bonds is 5. The predicted molar refractivity (Wildman–Crippen MR) is 106 cm³/mol. The number of nitrogens with zero attached hydrogens (tertiary/aromatic N) is 2. The van der Waals surface area contributed by atoms with Gasteiger partial charge in [-0.1, -0.05) is 0 Å². The molecular weight excluding hydrogens is 444 g/mol. The third-order valence-electron chi connectivity index (χ3n) is 3.58. The number of halogens is 2.